The van der Waals surface area contributed by atoms with Gasteiger partial charge in [-0.25, -0.2) is 4.79 Å². The third-order valence-electron chi connectivity index (χ3n) is 1.97. The summed E-state index contributed by atoms with van der Waals surface area (Å²) in [6.45, 7) is 6.44. The summed E-state index contributed by atoms with van der Waals surface area (Å²) >= 11 is 0. The molecular formula is C11H22N2O4. The molecule has 0 rings (SSSR count). The van der Waals surface area contributed by atoms with Crippen LogP contribution < -0.4 is 10.6 Å². The lowest BCUT2D eigenvalue weighted by atomic mass is 10.1. The number of amides is 1. The standard InChI is InChI=1S/C11H22N2O4/c1-11(2,3)13-6-5-9(15)12-7-8(14)10(16)17-4/h8,13-14H,5-7H2,1-4H3,(H,12,15). The van der Waals surface area contributed by atoms with Crippen LogP contribution in [0.15, 0.2) is 0 Å². The van der Waals surface area contributed by atoms with E-state index < -0.39 is 12.1 Å². The molecule has 17 heavy (non-hydrogen) atoms. The molecule has 3 N–H and O–H groups in total. The second kappa shape index (κ2) is 7.24. The molecule has 0 aromatic rings. The van der Waals surface area contributed by atoms with E-state index in [1.54, 1.807) is 0 Å². The van der Waals surface area contributed by atoms with E-state index in [0.29, 0.717) is 13.0 Å². The number of ether oxygens (including phenoxy) is 1. The molecule has 0 fully saturated rings. The number of methoxy groups -OCH3 is 1. The Kier molecular flexibility index (Phi) is 6.75. The Labute approximate surface area is 102 Å². The van der Waals surface area contributed by atoms with Crippen molar-refractivity contribution >= 4 is 11.9 Å². The lowest BCUT2D eigenvalue weighted by Crippen LogP contribution is -2.41. The van der Waals surface area contributed by atoms with Gasteiger partial charge in [-0.2, -0.15) is 0 Å². The average molecular weight is 246 g/mol. The largest absolute Gasteiger partial charge is 0.467 e. The summed E-state index contributed by atoms with van der Waals surface area (Å²) < 4.78 is 4.32. The molecular weight excluding hydrogens is 224 g/mol. The molecule has 0 spiro atoms. The quantitative estimate of drug-likeness (QED) is 0.545. The van der Waals surface area contributed by atoms with Crippen LogP contribution in [-0.2, 0) is 14.3 Å². The molecule has 0 aliphatic carbocycles. The van der Waals surface area contributed by atoms with Gasteiger partial charge in [0.05, 0.1) is 13.7 Å². The average Bonchev–Trinajstić information content (AvgIpc) is 2.22. The van der Waals surface area contributed by atoms with E-state index in [1.165, 1.54) is 7.11 Å². The van der Waals surface area contributed by atoms with E-state index >= 15 is 0 Å². The summed E-state index contributed by atoms with van der Waals surface area (Å²) in [5, 5.41) is 14.8. The van der Waals surface area contributed by atoms with Crippen LogP contribution in [0.4, 0.5) is 0 Å². The summed E-state index contributed by atoms with van der Waals surface area (Å²) in [7, 11) is 1.18. The molecule has 0 saturated carbocycles. The minimum Gasteiger partial charge on any atom is -0.467 e. The van der Waals surface area contributed by atoms with Gasteiger partial charge in [0.2, 0.25) is 5.91 Å². The summed E-state index contributed by atoms with van der Waals surface area (Å²) in [4.78, 5) is 22.2. The molecule has 0 aliphatic heterocycles. The Bertz CT molecular complexity index is 261. The monoisotopic (exact) mass is 246 g/mol. The zero-order valence-corrected chi connectivity index (χ0v) is 10.9. The highest BCUT2D eigenvalue weighted by Crippen LogP contribution is 1.97. The van der Waals surface area contributed by atoms with Crippen molar-refractivity contribution in [3.05, 3.63) is 0 Å². The summed E-state index contributed by atoms with van der Waals surface area (Å²) in [6, 6.07) is 0. The molecule has 0 aliphatic rings. The van der Waals surface area contributed by atoms with Crippen LogP contribution in [0, 0.1) is 0 Å². The lowest BCUT2D eigenvalue weighted by Gasteiger charge is -2.20. The van der Waals surface area contributed by atoms with Crippen molar-refractivity contribution in [3.63, 3.8) is 0 Å². The molecule has 6 nitrogen and oxygen atoms in total. The van der Waals surface area contributed by atoms with Gasteiger partial charge in [0, 0.05) is 18.5 Å². The zero-order valence-electron chi connectivity index (χ0n) is 10.9. The Hall–Kier alpha value is -1.14. The minimum atomic E-state index is -1.31. The van der Waals surface area contributed by atoms with Crippen molar-refractivity contribution in [2.45, 2.75) is 38.8 Å². The first-order valence-corrected chi connectivity index (χ1v) is 5.54. The van der Waals surface area contributed by atoms with Crippen LogP contribution in [0.2, 0.25) is 0 Å². The third kappa shape index (κ3) is 8.65. The highest BCUT2D eigenvalue weighted by atomic mass is 16.5. The van der Waals surface area contributed by atoms with Gasteiger partial charge in [0.15, 0.2) is 6.10 Å². The first-order chi connectivity index (χ1) is 7.76. The van der Waals surface area contributed by atoms with Gasteiger partial charge >= 0.3 is 5.97 Å². The molecule has 1 atom stereocenters. The van der Waals surface area contributed by atoms with Crippen LogP contribution in [0.5, 0.6) is 0 Å². The zero-order chi connectivity index (χ0) is 13.5. The van der Waals surface area contributed by atoms with Gasteiger partial charge in [0.25, 0.3) is 0 Å². The van der Waals surface area contributed by atoms with E-state index in [-0.39, 0.29) is 18.0 Å². The highest BCUT2D eigenvalue weighted by Gasteiger charge is 2.16. The molecule has 0 bridgehead atoms. The van der Waals surface area contributed by atoms with Gasteiger partial charge in [0.1, 0.15) is 0 Å². The number of carbonyl (C=O) groups is 2. The van der Waals surface area contributed by atoms with Crippen LogP contribution in [-0.4, -0.2) is 48.8 Å². The lowest BCUT2D eigenvalue weighted by molar-refractivity contribution is -0.150. The maximum absolute atomic E-state index is 11.3. The maximum Gasteiger partial charge on any atom is 0.336 e. The van der Waals surface area contributed by atoms with Crippen molar-refractivity contribution in [2.24, 2.45) is 0 Å². The van der Waals surface area contributed by atoms with Crippen LogP contribution >= 0.6 is 0 Å². The van der Waals surface area contributed by atoms with E-state index in [4.69, 9.17) is 0 Å². The van der Waals surface area contributed by atoms with Gasteiger partial charge < -0.3 is 20.5 Å². The number of aliphatic hydroxyl groups excluding tert-OH is 1. The predicted octanol–water partition coefficient (Wildman–Crippen LogP) is -0.585. The second-order valence-corrected chi connectivity index (χ2v) is 4.77. The summed E-state index contributed by atoms with van der Waals surface area (Å²) in [6.07, 6.45) is -1.01. The molecule has 0 aromatic heterocycles. The highest BCUT2D eigenvalue weighted by molar-refractivity contribution is 5.78. The van der Waals surface area contributed by atoms with Crippen molar-refractivity contribution in [2.75, 3.05) is 20.2 Å². The number of nitrogens with one attached hydrogen (secondary N) is 2. The molecule has 0 saturated heterocycles. The topological polar surface area (TPSA) is 87.7 Å². The third-order valence-corrected chi connectivity index (χ3v) is 1.97. The fourth-order valence-electron chi connectivity index (χ4n) is 1.07. The van der Waals surface area contributed by atoms with Gasteiger partial charge in [-0.3, -0.25) is 4.79 Å². The molecule has 1 amide bonds. The van der Waals surface area contributed by atoms with Crippen molar-refractivity contribution < 1.29 is 19.4 Å². The normalized spacial score (nSPS) is 13.0. The molecule has 6 heteroatoms. The minimum absolute atomic E-state index is 0.0359. The van der Waals surface area contributed by atoms with Crippen LogP contribution in [0.3, 0.4) is 0 Å². The molecule has 0 aromatic carbocycles. The van der Waals surface area contributed by atoms with Gasteiger partial charge in [-0.1, -0.05) is 0 Å². The second-order valence-electron chi connectivity index (χ2n) is 4.77. The van der Waals surface area contributed by atoms with Crippen LogP contribution in [0.1, 0.15) is 27.2 Å². The van der Waals surface area contributed by atoms with Crippen LogP contribution in [0.25, 0.3) is 0 Å². The first kappa shape index (κ1) is 15.9. The van der Waals surface area contributed by atoms with E-state index in [1.807, 2.05) is 20.8 Å². The summed E-state index contributed by atoms with van der Waals surface area (Å²) in [5.74, 6) is -0.970. The van der Waals surface area contributed by atoms with E-state index in [2.05, 4.69) is 15.4 Å². The van der Waals surface area contributed by atoms with Gasteiger partial charge in [-0.05, 0) is 20.8 Å². The predicted molar refractivity (Wildman–Crippen MR) is 63.4 cm³/mol. The number of esters is 1. The smallest absolute Gasteiger partial charge is 0.336 e. The van der Waals surface area contributed by atoms with Crippen molar-refractivity contribution in [1.82, 2.24) is 10.6 Å². The number of aliphatic hydroxyl groups is 1. The fourth-order valence-corrected chi connectivity index (χ4v) is 1.07. The SMILES string of the molecule is COC(=O)C(O)CNC(=O)CCNC(C)(C)C. The Balaban J connectivity index is 3.70. The van der Waals surface area contributed by atoms with Crippen molar-refractivity contribution in [1.29, 1.82) is 0 Å². The number of rotatable bonds is 6. The van der Waals surface area contributed by atoms with E-state index in [0.717, 1.165) is 0 Å². The number of hydrogen-bond donors (Lipinski definition) is 3. The van der Waals surface area contributed by atoms with Gasteiger partial charge in [-0.15, -0.1) is 0 Å². The summed E-state index contributed by atoms with van der Waals surface area (Å²) in [5.41, 5.74) is -0.0359. The first-order valence-electron chi connectivity index (χ1n) is 5.54. The van der Waals surface area contributed by atoms with E-state index in [9.17, 15) is 14.7 Å². The Morgan fingerprint density at radius 3 is 2.41 bits per heavy atom. The number of hydrogen-bond acceptors (Lipinski definition) is 5. The molecule has 0 radical (unpaired) electrons. The maximum atomic E-state index is 11.3. The molecule has 100 valence electrons. The van der Waals surface area contributed by atoms with Crippen molar-refractivity contribution in [3.8, 4) is 0 Å². The fraction of sp³-hybridized carbons (Fsp3) is 0.818. The number of carbonyl (C=O) groups excluding carboxylic acids is 2. The molecule has 1 unspecified atom stereocenters. The molecule has 0 heterocycles. The Morgan fingerprint density at radius 1 is 1.35 bits per heavy atom. The Morgan fingerprint density at radius 2 is 1.94 bits per heavy atom.